The van der Waals surface area contributed by atoms with E-state index >= 15 is 0 Å². The number of halogens is 5. The molecule has 1 aliphatic rings. The van der Waals surface area contributed by atoms with Gasteiger partial charge in [-0.3, -0.25) is 9.59 Å². The van der Waals surface area contributed by atoms with Crippen molar-refractivity contribution in [3.63, 3.8) is 0 Å². The Labute approximate surface area is 175 Å². The minimum Gasteiger partial charge on any atom is -0.387 e. The van der Waals surface area contributed by atoms with Gasteiger partial charge >= 0.3 is 6.18 Å². The number of hydrogen-bond donors (Lipinski definition) is 3. The first-order valence-electron chi connectivity index (χ1n) is 8.66. The van der Waals surface area contributed by atoms with Crippen LogP contribution < -0.4 is 10.6 Å². The third kappa shape index (κ3) is 5.15. The van der Waals surface area contributed by atoms with Gasteiger partial charge < -0.3 is 20.3 Å². The molecule has 1 unspecified atom stereocenters. The lowest BCUT2D eigenvalue weighted by molar-refractivity contribution is -0.140. The Kier molecular flexibility index (Phi) is 7.42. The van der Waals surface area contributed by atoms with Gasteiger partial charge in [-0.2, -0.15) is 13.2 Å². The van der Waals surface area contributed by atoms with Crippen molar-refractivity contribution in [1.82, 2.24) is 15.2 Å². The molecule has 6 nitrogen and oxygen atoms in total. The van der Waals surface area contributed by atoms with E-state index in [0.29, 0.717) is 23.1 Å². The summed E-state index contributed by atoms with van der Waals surface area (Å²) in [5, 5.41) is 13.7. The summed E-state index contributed by atoms with van der Waals surface area (Å²) in [5.74, 6) is -1.11. The van der Waals surface area contributed by atoms with Crippen molar-refractivity contribution in [1.29, 1.82) is 0 Å². The van der Waals surface area contributed by atoms with E-state index in [-0.39, 0.29) is 33.9 Å². The molecule has 0 aliphatic carbocycles. The van der Waals surface area contributed by atoms with Gasteiger partial charge in [0.15, 0.2) is 0 Å². The molecule has 29 heavy (non-hydrogen) atoms. The van der Waals surface area contributed by atoms with Gasteiger partial charge in [-0.15, -0.1) is 0 Å². The Morgan fingerprint density at radius 2 is 2.03 bits per heavy atom. The predicted octanol–water partition coefficient (Wildman–Crippen LogP) is 3.01. The summed E-state index contributed by atoms with van der Waals surface area (Å²) >= 11 is 12.2. The minimum absolute atomic E-state index is 0.0779. The molecule has 1 aliphatic heterocycles. The highest BCUT2D eigenvalue weighted by molar-refractivity contribution is 6.45. The number of benzene rings is 1. The smallest absolute Gasteiger partial charge is 0.387 e. The molecule has 3 N–H and O–H groups in total. The van der Waals surface area contributed by atoms with E-state index in [9.17, 15) is 22.8 Å². The Bertz CT molecular complexity index is 923. The van der Waals surface area contributed by atoms with Gasteiger partial charge in [-0.25, -0.2) is 0 Å². The highest BCUT2D eigenvalue weighted by Gasteiger charge is 2.35. The molecule has 2 aromatic rings. The first kappa shape index (κ1) is 23.3. The summed E-state index contributed by atoms with van der Waals surface area (Å²) in [6, 6.07) is 3.17. The molecule has 3 rings (SSSR count). The molecule has 0 saturated heterocycles. The van der Waals surface area contributed by atoms with Gasteiger partial charge in [-0.1, -0.05) is 29.3 Å². The molecule has 0 spiro atoms. The Morgan fingerprint density at radius 1 is 1.38 bits per heavy atom. The Hall–Kier alpha value is -1.97. The van der Waals surface area contributed by atoms with Crippen LogP contribution in [0.5, 0.6) is 0 Å². The van der Waals surface area contributed by atoms with Gasteiger partial charge in [0, 0.05) is 31.1 Å². The average Bonchev–Trinajstić information content (AvgIpc) is 2.87. The molecular weight excluding hydrogens is 434 g/mol. The number of carbonyl (C=O) groups is 2. The van der Waals surface area contributed by atoms with Crippen molar-refractivity contribution in [2.45, 2.75) is 32.0 Å². The van der Waals surface area contributed by atoms with Crippen molar-refractivity contribution in [2.24, 2.45) is 0 Å². The second-order valence-corrected chi connectivity index (χ2v) is 7.20. The van der Waals surface area contributed by atoms with Gasteiger partial charge in [0.05, 0.1) is 21.5 Å². The molecule has 11 heteroatoms. The average molecular weight is 454 g/mol. The van der Waals surface area contributed by atoms with Crippen molar-refractivity contribution in [3.05, 3.63) is 33.4 Å². The second kappa shape index (κ2) is 9.23. The normalized spacial score (nSPS) is 16.4. The van der Waals surface area contributed by atoms with Crippen LogP contribution in [0.15, 0.2) is 12.1 Å². The maximum Gasteiger partial charge on any atom is 0.406 e. The second-order valence-electron chi connectivity index (χ2n) is 6.41. The quantitative estimate of drug-likeness (QED) is 0.653. The number of rotatable bonds is 2. The topological polar surface area (TPSA) is 83.4 Å². The number of nitrogens with zero attached hydrogens (tertiary/aromatic N) is 1. The molecule has 1 aromatic heterocycles. The molecule has 0 saturated carbocycles. The highest BCUT2D eigenvalue weighted by Crippen LogP contribution is 2.41. The Morgan fingerprint density at radius 3 is 2.55 bits per heavy atom. The maximum atomic E-state index is 13.0. The first-order valence-corrected chi connectivity index (χ1v) is 9.42. The summed E-state index contributed by atoms with van der Waals surface area (Å²) in [6.07, 6.45) is -4.09. The van der Waals surface area contributed by atoms with E-state index in [1.54, 1.807) is 19.1 Å². The number of aliphatic hydroxyl groups excluding tert-OH is 1. The van der Waals surface area contributed by atoms with Crippen molar-refractivity contribution < 1.29 is 27.9 Å². The number of aromatic nitrogens is 1. The van der Waals surface area contributed by atoms with Gasteiger partial charge in [0.1, 0.15) is 13.2 Å². The summed E-state index contributed by atoms with van der Waals surface area (Å²) < 4.78 is 40.3. The Balaban J connectivity index is 0.000000438. The van der Waals surface area contributed by atoms with Crippen LogP contribution in [0, 0.1) is 0 Å². The molecule has 2 heterocycles. The van der Waals surface area contributed by atoms with Crippen LogP contribution in [0.2, 0.25) is 10.0 Å². The summed E-state index contributed by atoms with van der Waals surface area (Å²) in [4.78, 5) is 21.9. The van der Waals surface area contributed by atoms with Crippen molar-refractivity contribution in [3.8, 4) is 0 Å². The standard InChI is InChI=1S/C15H13Cl2F3N2O.C3H7NO2/c1-7-11-8-2-3-9(16)12(17)13(8)22(6-15(18,19)20)10(11)4-5-21-14(7)23;1-4-3(6)2-5/h2-3,7H,4-6H2,1H3,(H,21,23);5H,2H2,1H3,(H,4,6). The summed E-state index contributed by atoms with van der Waals surface area (Å²) in [7, 11) is 1.47. The van der Waals surface area contributed by atoms with Crippen LogP contribution in [-0.4, -0.2) is 47.9 Å². The maximum absolute atomic E-state index is 13.0. The number of carbonyl (C=O) groups excluding carboxylic acids is 2. The minimum atomic E-state index is -4.40. The summed E-state index contributed by atoms with van der Waals surface area (Å²) in [6.45, 7) is 0.380. The molecule has 0 radical (unpaired) electrons. The van der Waals surface area contributed by atoms with E-state index < -0.39 is 25.2 Å². The fourth-order valence-corrected chi connectivity index (χ4v) is 3.65. The number of likely N-dealkylation sites (N-methyl/N-ethyl adjacent to an activating group) is 1. The van der Waals surface area contributed by atoms with Crippen LogP contribution in [-0.2, 0) is 22.6 Å². The lowest BCUT2D eigenvalue weighted by atomic mass is 9.97. The molecular formula is C18H20Cl2F3N3O3. The zero-order chi connectivity index (χ0) is 21.9. The zero-order valence-electron chi connectivity index (χ0n) is 15.7. The molecule has 1 atom stereocenters. The number of aliphatic hydroxyl groups is 1. The monoisotopic (exact) mass is 453 g/mol. The van der Waals surface area contributed by atoms with Crippen LogP contribution >= 0.6 is 23.2 Å². The third-order valence-corrected chi connectivity index (χ3v) is 5.31. The largest absolute Gasteiger partial charge is 0.406 e. The van der Waals surface area contributed by atoms with Crippen molar-refractivity contribution in [2.75, 3.05) is 20.2 Å². The first-order chi connectivity index (χ1) is 13.5. The number of amides is 2. The number of nitrogens with one attached hydrogen (secondary N) is 2. The number of fused-ring (bicyclic) bond motifs is 3. The summed E-state index contributed by atoms with van der Waals surface area (Å²) in [5.41, 5.74) is 1.31. The van der Waals surface area contributed by atoms with E-state index in [4.69, 9.17) is 28.3 Å². The fraction of sp³-hybridized carbons (Fsp3) is 0.444. The third-order valence-electron chi connectivity index (χ3n) is 4.51. The lowest BCUT2D eigenvalue weighted by Crippen LogP contribution is -2.27. The fourth-order valence-electron chi connectivity index (χ4n) is 3.23. The number of hydrogen-bond acceptors (Lipinski definition) is 3. The number of alkyl halides is 3. The zero-order valence-corrected chi connectivity index (χ0v) is 17.2. The van der Waals surface area contributed by atoms with Crippen LogP contribution in [0.25, 0.3) is 10.9 Å². The highest BCUT2D eigenvalue weighted by atomic mass is 35.5. The van der Waals surface area contributed by atoms with Crippen LogP contribution in [0.1, 0.15) is 24.1 Å². The van der Waals surface area contributed by atoms with Crippen LogP contribution in [0.4, 0.5) is 13.2 Å². The van der Waals surface area contributed by atoms with Crippen molar-refractivity contribution >= 4 is 45.9 Å². The molecule has 160 valence electrons. The van der Waals surface area contributed by atoms with Gasteiger partial charge in [0.2, 0.25) is 11.8 Å². The van der Waals surface area contributed by atoms with E-state index in [2.05, 4.69) is 10.6 Å². The predicted molar refractivity (Wildman–Crippen MR) is 104 cm³/mol. The SMILES string of the molecule is CC1C(=O)NCCc2c1c1ccc(Cl)c(Cl)c1n2CC(F)(F)F.CNC(=O)CO. The van der Waals surface area contributed by atoms with Gasteiger partial charge in [0.25, 0.3) is 0 Å². The van der Waals surface area contributed by atoms with E-state index in [1.165, 1.54) is 7.05 Å². The molecule has 1 aromatic carbocycles. The molecule has 0 fully saturated rings. The molecule has 2 amide bonds. The van der Waals surface area contributed by atoms with E-state index in [1.807, 2.05) is 0 Å². The molecule has 0 bridgehead atoms. The van der Waals surface area contributed by atoms with E-state index in [0.717, 1.165) is 4.57 Å². The van der Waals surface area contributed by atoms with Gasteiger partial charge in [-0.05, 0) is 18.6 Å². The lowest BCUT2D eigenvalue weighted by Gasteiger charge is -2.14. The van der Waals surface area contributed by atoms with Crippen LogP contribution in [0.3, 0.4) is 0 Å².